The SMILES string of the molecule is COCCN(CCOC)C(=O)c1cc(-c2cnc(N3CCOCC3)nc2)cn1CC1CC1. The number of hydrogen-bond donors (Lipinski definition) is 0. The number of carbonyl (C=O) groups is 1. The van der Waals surface area contributed by atoms with E-state index in [1.165, 1.54) is 12.8 Å². The lowest BCUT2D eigenvalue weighted by Gasteiger charge is -2.26. The molecule has 2 aromatic rings. The van der Waals surface area contributed by atoms with E-state index < -0.39 is 0 Å². The second-order valence-corrected chi connectivity index (χ2v) is 8.36. The highest BCUT2D eigenvalue weighted by atomic mass is 16.5. The summed E-state index contributed by atoms with van der Waals surface area (Å²) in [6.45, 7) is 5.89. The van der Waals surface area contributed by atoms with Crippen molar-refractivity contribution in [2.24, 2.45) is 5.92 Å². The first-order chi connectivity index (χ1) is 15.7. The molecule has 9 nitrogen and oxygen atoms in total. The second kappa shape index (κ2) is 10.9. The number of methoxy groups -OCH3 is 2. The maximum Gasteiger partial charge on any atom is 0.270 e. The standard InChI is InChI=1S/C23H33N5O4/c1-30-9-5-26(6-10-31-2)22(29)21-13-19(17-28(21)16-18-3-4-18)20-14-24-23(25-15-20)27-7-11-32-12-8-27/h13-15,17-18H,3-12,16H2,1-2H3. The summed E-state index contributed by atoms with van der Waals surface area (Å²) in [5.41, 5.74) is 2.56. The molecule has 1 aliphatic heterocycles. The van der Waals surface area contributed by atoms with Crippen LogP contribution in [0.1, 0.15) is 23.3 Å². The molecule has 1 saturated heterocycles. The van der Waals surface area contributed by atoms with E-state index in [0.717, 1.165) is 36.7 Å². The Hall–Kier alpha value is -2.49. The molecular weight excluding hydrogens is 410 g/mol. The molecule has 32 heavy (non-hydrogen) atoms. The van der Waals surface area contributed by atoms with Gasteiger partial charge < -0.3 is 28.6 Å². The highest BCUT2D eigenvalue weighted by Crippen LogP contribution is 2.33. The first-order valence-corrected chi connectivity index (χ1v) is 11.3. The van der Waals surface area contributed by atoms with Gasteiger partial charge in [0, 0.05) is 76.7 Å². The van der Waals surface area contributed by atoms with Gasteiger partial charge in [-0.3, -0.25) is 4.79 Å². The molecule has 0 spiro atoms. The van der Waals surface area contributed by atoms with Gasteiger partial charge in [0.1, 0.15) is 5.69 Å². The molecule has 2 aromatic heterocycles. The third-order valence-electron chi connectivity index (χ3n) is 5.95. The Kier molecular flexibility index (Phi) is 7.72. The molecule has 1 amide bonds. The van der Waals surface area contributed by atoms with E-state index >= 15 is 0 Å². The molecule has 3 heterocycles. The van der Waals surface area contributed by atoms with Crippen molar-refractivity contribution in [3.05, 3.63) is 30.4 Å². The van der Waals surface area contributed by atoms with E-state index in [9.17, 15) is 4.79 Å². The van der Waals surface area contributed by atoms with Crippen molar-refractivity contribution in [3.8, 4) is 11.1 Å². The molecular formula is C23H33N5O4. The Morgan fingerprint density at radius 3 is 2.34 bits per heavy atom. The minimum Gasteiger partial charge on any atom is -0.383 e. The number of ether oxygens (including phenoxy) is 3. The van der Waals surface area contributed by atoms with Gasteiger partial charge in [0.15, 0.2) is 0 Å². The Labute approximate surface area is 189 Å². The van der Waals surface area contributed by atoms with Crippen LogP contribution in [0.3, 0.4) is 0 Å². The highest BCUT2D eigenvalue weighted by molar-refractivity contribution is 5.94. The summed E-state index contributed by atoms with van der Waals surface area (Å²) in [6, 6.07) is 1.96. The minimum atomic E-state index is -0.00291. The van der Waals surface area contributed by atoms with Crippen LogP contribution < -0.4 is 4.90 Å². The van der Waals surface area contributed by atoms with Gasteiger partial charge in [-0.25, -0.2) is 9.97 Å². The molecule has 2 aliphatic rings. The summed E-state index contributed by atoms with van der Waals surface area (Å²) in [4.78, 5) is 26.5. The monoisotopic (exact) mass is 443 g/mol. The number of aromatic nitrogens is 3. The molecule has 2 fully saturated rings. The largest absolute Gasteiger partial charge is 0.383 e. The summed E-state index contributed by atoms with van der Waals surface area (Å²) >= 11 is 0. The molecule has 0 aromatic carbocycles. The fourth-order valence-electron chi connectivity index (χ4n) is 3.85. The van der Waals surface area contributed by atoms with E-state index in [-0.39, 0.29) is 5.91 Å². The van der Waals surface area contributed by atoms with Gasteiger partial charge >= 0.3 is 0 Å². The van der Waals surface area contributed by atoms with Crippen LogP contribution >= 0.6 is 0 Å². The lowest BCUT2D eigenvalue weighted by molar-refractivity contribution is 0.0617. The number of nitrogens with zero attached hydrogens (tertiary/aromatic N) is 5. The van der Waals surface area contributed by atoms with Crippen molar-refractivity contribution < 1.29 is 19.0 Å². The zero-order chi connectivity index (χ0) is 22.3. The van der Waals surface area contributed by atoms with Gasteiger partial charge in [0.2, 0.25) is 5.95 Å². The fraction of sp³-hybridized carbons (Fsp3) is 0.609. The van der Waals surface area contributed by atoms with E-state index in [0.29, 0.717) is 51.1 Å². The fourth-order valence-corrected chi connectivity index (χ4v) is 3.85. The van der Waals surface area contributed by atoms with E-state index in [2.05, 4.69) is 25.6 Å². The van der Waals surface area contributed by atoms with Gasteiger partial charge in [-0.15, -0.1) is 0 Å². The summed E-state index contributed by atoms with van der Waals surface area (Å²) in [6.07, 6.45) is 8.18. The molecule has 174 valence electrons. The minimum absolute atomic E-state index is 0.00291. The van der Waals surface area contributed by atoms with Crippen molar-refractivity contribution >= 4 is 11.9 Å². The molecule has 0 atom stereocenters. The molecule has 0 unspecified atom stereocenters. The lowest BCUT2D eigenvalue weighted by atomic mass is 10.2. The van der Waals surface area contributed by atoms with Crippen molar-refractivity contribution in [1.82, 2.24) is 19.4 Å². The van der Waals surface area contributed by atoms with Crippen LogP contribution in [-0.4, -0.2) is 92.2 Å². The number of anilines is 1. The third kappa shape index (κ3) is 5.65. The maximum absolute atomic E-state index is 13.4. The number of hydrogen-bond acceptors (Lipinski definition) is 7. The molecule has 1 aliphatic carbocycles. The van der Waals surface area contributed by atoms with Crippen LogP contribution in [0.5, 0.6) is 0 Å². The van der Waals surface area contributed by atoms with Gasteiger partial charge in [0.25, 0.3) is 5.91 Å². The summed E-state index contributed by atoms with van der Waals surface area (Å²) in [5, 5.41) is 0. The quantitative estimate of drug-likeness (QED) is 0.525. The summed E-state index contributed by atoms with van der Waals surface area (Å²) in [7, 11) is 3.29. The van der Waals surface area contributed by atoms with Crippen molar-refractivity contribution in [2.75, 3.05) is 71.7 Å². The first kappa shape index (κ1) is 22.7. The first-order valence-electron chi connectivity index (χ1n) is 11.3. The van der Waals surface area contributed by atoms with Crippen LogP contribution in [0.15, 0.2) is 24.7 Å². The van der Waals surface area contributed by atoms with Gasteiger partial charge in [-0.2, -0.15) is 0 Å². The molecule has 4 rings (SSSR count). The van der Waals surface area contributed by atoms with Crippen LogP contribution in [0, 0.1) is 5.92 Å². The second-order valence-electron chi connectivity index (χ2n) is 8.36. The number of morpholine rings is 1. The zero-order valence-corrected chi connectivity index (χ0v) is 19.0. The predicted octanol–water partition coefficient (Wildman–Crippen LogP) is 1.93. The molecule has 0 N–H and O–H groups in total. The highest BCUT2D eigenvalue weighted by Gasteiger charge is 2.26. The molecule has 1 saturated carbocycles. The Morgan fingerprint density at radius 2 is 1.75 bits per heavy atom. The zero-order valence-electron chi connectivity index (χ0n) is 19.0. The van der Waals surface area contributed by atoms with E-state index in [1.807, 2.05) is 18.5 Å². The molecule has 9 heteroatoms. The predicted molar refractivity (Wildman–Crippen MR) is 121 cm³/mol. The number of amides is 1. The third-order valence-corrected chi connectivity index (χ3v) is 5.95. The van der Waals surface area contributed by atoms with E-state index in [4.69, 9.17) is 14.2 Å². The normalized spacial score (nSPS) is 16.4. The summed E-state index contributed by atoms with van der Waals surface area (Å²) in [5.74, 6) is 1.36. The van der Waals surface area contributed by atoms with Crippen LogP contribution in [0.4, 0.5) is 5.95 Å². The number of carbonyl (C=O) groups excluding carboxylic acids is 1. The Bertz CT molecular complexity index is 867. The van der Waals surface area contributed by atoms with Gasteiger partial charge in [-0.05, 0) is 24.8 Å². The average Bonchev–Trinajstić information content (AvgIpc) is 3.56. The molecule has 0 radical (unpaired) electrons. The number of rotatable bonds is 11. The van der Waals surface area contributed by atoms with Crippen LogP contribution in [0.2, 0.25) is 0 Å². The average molecular weight is 444 g/mol. The smallest absolute Gasteiger partial charge is 0.270 e. The van der Waals surface area contributed by atoms with Crippen molar-refractivity contribution in [2.45, 2.75) is 19.4 Å². The maximum atomic E-state index is 13.4. The van der Waals surface area contributed by atoms with Crippen LogP contribution in [0.25, 0.3) is 11.1 Å². The molecule has 0 bridgehead atoms. The topological polar surface area (TPSA) is 82.0 Å². The van der Waals surface area contributed by atoms with Crippen LogP contribution in [-0.2, 0) is 20.8 Å². The summed E-state index contributed by atoms with van der Waals surface area (Å²) < 4.78 is 17.9. The van der Waals surface area contributed by atoms with Gasteiger partial charge in [-0.1, -0.05) is 0 Å². The Morgan fingerprint density at radius 1 is 1.09 bits per heavy atom. The lowest BCUT2D eigenvalue weighted by Crippen LogP contribution is -2.37. The van der Waals surface area contributed by atoms with E-state index in [1.54, 1.807) is 19.1 Å². The van der Waals surface area contributed by atoms with Crippen molar-refractivity contribution in [1.29, 1.82) is 0 Å². The Balaban J connectivity index is 1.56. The van der Waals surface area contributed by atoms with Gasteiger partial charge in [0.05, 0.1) is 26.4 Å². The van der Waals surface area contributed by atoms with Crippen molar-refractivity contribution in [3.63, 3.8) is 0 Å².